The molecule has 3 heterocycles. The van der Waals surface area contributed by atoms with Gasteiger partial charge in [0.05, 0.1) is 24.9 Å². The van der Waals surface area contributed by atoms with Crippen LogP contribution in [0, 0.1) is 6.92 Å². The monoisotopic (exact) mass is 377 g/mol. The number of pyridine rings is 1. The molecule has 1 aromatic carbocycles. The summed E-state index contributed by atoms with van der Waals surface area (Å²) in [5.41, 5.74) is 4.32. The Kier molecular flexibility index (Phi) is 4.81. The van der Waals surface area contributed by atoms with E-state index >= 15 is 0 Å². The van der Waals surface area contributed by atoms with Gasteiger partial charge >= 0.3 is 0 Å². The first kappa shape index (κ1) is 18.2. The molecule has 7 heteroatoms. The van der Waals surface area contributed by atoms with Gasteiger partial charge in [-0.2, -0.15) is 0 Å². The minimum Gasteiger partial charge on any atom is -0.491 e. The standard InChI is InChI=1S/C21H23N5O2/c1-13(2)27-17-6-5-16-11-23-21(18(16)10-17)15-7-8-22-19(9-15)26(4)12-20-25-24-14(3)28-20/h5-10,13H,11-12H2,1-4H3. The molecule has 0 aliphatic carbocycles. The van der Waals surface area contributed by atoms with Crippen LogP contribution in [0.1, 0.15) is 42.3 Å². The molecular formula is C21H23N5O2. The highest BCUT2D eigenvalue weighted by Crippen LogP contribution is 2.28. The van der Waals surface area contributed by atoms with E-state index in [0.717, 1.165) is 28.4 Å². The average Bonchev–Trinajstić information content (AvgIpc) is 3.27. The first-order chi connectivity index (χ1) is 13.5. The van der Waals surface area contributed by atoms with E-state index in [1.807, 2.05) is 44.0 Å². The van der Waals surface area contributed by atoms with Gasteiger partial charge < -0.3 is 14.1 Å². The highest BCUT2D eigenvalue weighted by atomic mass is 16.5. The van der Waals surface area contributed by atoms with Gasteiger partial charge in [-0.1, -0.05) is 6.07 Å². The summed E-state index contributed by atoms with van der Waals surface area (Å²) < 4.78 is 11.3. The minimum atomic E-state index is 0.134. The van der Waals surface area contributed by atoms with Gasteiger partial charge in [-0.25, -0.2) is 4.98 Å². The molecule has 4 rings (SSSR count). The van der Waals surface area contributed by atoms with E-state index in [1.165, 1.54) is 5.56 Å². The largest absolute Gasteiger partial charge is 0.491 e. The zero-order chi connectivity index (χ0) is 19.7. The van der Waals surface area contributed by atoms with E-state index in [-0.39, 0.29) is 6.10 Å². The molecule has 1 aliphatic heterocycles. The highest BCUT2D eigenvalue weighted by Gasteiger charge is 2.20. The summed E-state index contributed by atoms with van der Waals surface area (Å²) in [7, 11) is 1.95. The molecule has 1 aliphatic rings. The summed E-state index contributed by atoms with van der Waals surface area (Å²) in [6.45, 7) is 7.01. The molecule has 3 aromatic rings. The maximum absolute atomic E-state index is 5.86. The van der Waals surface area contributed by atoms with Crippen molar-refractivity contribution < 1.29 is 9.15 Å². The fourth-order valence-corrected chi connectivity index (χ4v) is 3.22. The van der Waals surface area contributed by atoms with Gasteiger partial charge in [0.25, 0.3) is 0 Å². The fraction of sp³-hybridized carbons (Fsp3) is 0.333. The van der Waals surface area contributed by atoms with Crippen LogP contribution in [0.5, 0.6) is 5.75 Å². The van der Waals surface area contributed by atoms with E-state index < -0.39 is 0 Å². The summed E-state index contributed by atoms with van der Waals surface area (Å²) in [5.74, 6) is 2.80. The summed E-state index contributed by atoms with van der Waals surface area (Å²) in [6, 6.07) is 10.2. The van der Waals surface area contributed by atoms with E-state index in [2.05, 4.69) is 27.3 Å². The van der Waals surface area contributed by atoms with Crippen LogP contribution < -0.4 is 9.64 Å². The lowest BCUT2D eigenvalue weighted by Crippen LogP contribution is -2.18. The van der Waals surface area contributed by atoms with Crippen LogP contribution in [-0.4, -0.2) is 34.0 Å². The minimum absolute atomic E-state index is 0.134. The van der Waals surface area contributed by atoms with Crippen molar-refractivity contribution in [2.45, 2.75) is 40.0 Å². The maximum Gasteiger partial charge on any atom is 0.235 e. The zero-order valence-electron chi connectivity index (χ0n) is 16.5. The van der Waals surface area contributed by atoms with Crippen LogP contribution in [0.4, 0.5) is 5.82 Å². The molecule has 28 heavy (non-hydrogen) atoms. The van der Waals surface area contributed by atoms with Gasteiger partial charge in [-0.3, -0.25) is 4.99 Å². The fourth-order valence-electron chi connectivity index (χ4n) is 3.22. The molecule has 2 aromatic heterocycles. The van der Waals surface area contributed by atoms with Crippen LogP contribution >= 0.6 is 0 Å². The van der Waals surface area contributed by atoms with Crippen molar-refractivity contribution in [1.29, 1.82) is 0 Å². The number of aromatic nitrogens is 3. The summed E-state index contributed by atoms with van der Waals surface area (Å²) in [6.07, 6.45) is 1.93. The molecule has 0 unspecified atom stereocenters. The van der Waals surface area contributed by atoms with Crippen LogP contribution in [0.25, 0.3) is 0 Å². The van der Waals surface area contributed by atoms with Gasteiger partial charge in [-0.05, 0) is 43.7 Å². The average molecular weight is 377 g/mol. The second-order valence-electron chi connectivity index (χ2n) is 7.12. The molecule has 7 nitrogen and oxygen atoms in total. The molecule has 0 fully saturated rings. The van der Waals surface area contributed by atoms with Crippen molar-refractivity contribution in [2.24, 2.45) is 4.99 Å². The maximum atomic E-state index is 5.86. The molecule has 0 atom stereocenters. The van der Waals surface area contributed by atoms with Gasteiger partial charge in [0, 0.05) is 31.3 Å². The molecule has 0 bridgehead atoms. The van der Waals surface area contributed by atoms with Crippen molar-refractivity contribution in [2.75, 3.05) is 11.9 Å². The van der Waals surface area contributed by atoms with Crippen molar-refractivity contribution in [3.05, 3.63) is 65.0 Å². The number of ether oxygens (including phenoxy) is 1. The topological polar surface area (TPSA) is 76.6 Å². The summed E-state index contributed by atoms with van der Waals surface area (Å²) in [5, 5.41) is 7.92. The van der Waals surface area contributed by atoms with E-state index in [0.29, 0.717) is 24.9 Å². The molecule has 0 amide bonds. The number of aryl methyl sites for hydroxylation is 1. The van der Waals surface area contributed by atoms with Crippen molar-refractivity contribution in [3.63, 3.8) is 0 Å². The van der Waals surface area contributed by atoms with Gasteiger partial charge in [0.1, 0.15) is 11.6 Å². The van der Waals surface area contributed by atoms with Crippen molar-refractivity contribution in [1.82, 2.24) is 15.2 Å². The molecular weight excluding hydrogens is 354 g/mol. The third-order valence-corrected chi connectivity index (χ3v) is 4.47. The smallest absolute Gasteiger partial charge is 0.235 e. The molecule has 0 spiro atoms. The summed E-state index contributed by atoms with van der Waals surface area (Å²) >= 11 is 0. The molecule has 0 radical (unpaired) electrons. The number of fused-ring (bicyclic) bond motifs is 1. The molecule has 0 saturated heterocycles. The second kappa shape index (κ2) is 7.42. The second-order valence-corrected chi connectivity index (χ2v) is 7.12. The predicted octanol–water partition coefficient (Wildman–Crippen LogP) is 3.55. The molecule has 144 valence electrons. The normalized spacial score (nSPS) is 12.8. The molecule has 0 saturated carbocycles. The third-order valence-electron chi connectivity index (χ3n) is 4.47. The number of rotatable bonds is 6. The van der Waals surface area contributed by atoms with Crippen LogP contribution in [0.15, 0.2) is 45.9 Å². The Morgan fingerprint density at radius 2 is 2.04 bits per heavy atom. The predicted molar refractivity (Wildman–Crippen MR) is 107 cm³/mol. The van der Waals surface area contributed by atoms with Crippen LogP contribution in [0.2, 0.25) is 0 Å². The number of hydrogen-bond donors (Lipinski definition) is 0. The lowest BCUT2D eigenvalue weighted by molar-refractivity contribution is 0.242. The van der Waals surface area contributed by atoms with E-state index in [4.69, 9.17) is 14.1 Å². The Hall–Kier alpha value is -3.22. The SMILES string of the molecule is Cc1nnc(CN(C)c2cc(C3=NCc4ccc(OC(C)C)cc43)ccn2)o1. The number of benzene rings is 1. The van der Waals surface area contributed by atoms with E-state index in [1.54, 1.807) is 13.1 Å². The Morgan fingerprint density at radius 3 is 2.79 bits per heavy atom. The lowest BCUT2D eigenvalue weighted by Gasteiger charge is -2.17. The van der Waals surface area contributed by atoms with Gasteiger partial charge in [0.15, 0.2) is 0 Å². The first-order valence-electron chi connectivity index (χ1n) is 9.30. The Morgan fingerprint density at radius 1 is 1.18 bits per heavy atom. The number of anilines is 1. The van der Waals surface area contributed by atoms with Gasteiger partial charge in [-0.15, -0.1) is 10.2 Å². The zero-order valence-corrected chi connectivity index (χ0v) is 16.5. The third kappa shape index (κ3) is 3.74. The molecule has 0 N–H and O–H groups in total. The van der Waals surface area contributed by atoms with Crippen molar-refractivity contribution >= 4 is 11.5 Å². The lowest BCUT2D eigenvalue weighted by atomic mass is 10.0. The van der Waals surface area contributed by atoms with Crippen molar-refractivity contribution in [3.8, 4) is 5.75 Å². The Labute approximate surface area is 164 Å². The Bertz CT molecular complexity index is 1030. The van der Waals surface area contributed by atoms with Gasteiger partial charge in [0.2, 0.25) is 11.8 Å². The van der Waals surface area contributed by atoms with E-state index in [9.17, 15) is 0 Å². The summed E-state index contributed by atoms with van der Waals surface area (Å²) in [4.78, 5) is 11.2. The number of aliphatic imine (C=N–C) groups is 1. The van der Waals surface area contributed by atoms with Crippen LogP contribution in [0.3, 0.4) is 0 Å². The quantitative estimate of drug-likeness (QED) is 0.654. The van der Waals surface area contributed by atoms with Crippen LogP contribution in [-0.2, 0) is 13.1 Å². The number of hydrogen-bond acceptors (Lipinski definition) is 7. The number of nitrogens with zero attached hydrogens (tertiary/aromatic N) is 5. The highest BCUT2D eigenvalue weighted by molar-refractivity contribution is 6.15. The Balaban J connectivity index is 1.59. The first-order valence-corrected chi connectivity index (χ1v) is 9.30.